The molecule has 0 aliphatic carbocycles. The molecule has 2 N–H and O–H groups in total. The number of hydrogen-bond donors (Lipinski definition) is 2. The first-order valence-electron chi connectivity index (χ1n) is 11.3. The first-order chi connectivity index (χ1) is 16.8. The number of hydrogen-bond acceptors (Lipinski definition) is 5. The van der Waals surface area contributed by atoms with Crippen LogP contribution in [-0.2, 0) is 16.4 Å². The molecule has 0 aromatic heterocycles. The summed E-state index contributed by atoms with van der Waals surface area (Å²) >= 11 is 0. The molecule has 3 aromatic rings. The quantitative estimate of drug-likeness (QED) is 0.436. The summed E-state index contributed by atoms with van der Waals surface area (Å²) in [7, 11) is -3.57. The fraction of sp³-hybridized carbons (Fsp3) is 0.231. The lowest BCUT2D eigenvalue weighted by molar-refractivity contribution is 0.102. The molecular weight excluding hydrogens is 466 g/mol. The Balaban J connectivity index is 1.55. The van der Waals surface area contributed by atoms with Crippen molar-refractivity contribution in [1.82, 2.24) is 9.62 Å². The van der Waals surface area contributed by atoms with Crippen molar-refractivity contribution in [3.8, 4) is 5.75 Å². The zero-order valence-corrected chi connectivity index (χ0v) is 20.5. The molecule has 0 fully saturated rings. The van der Waals surface area contributed by atoms with Crippen molar-refractivity contribution in [2.24, 2.45) is 0 Å². The van der Waals surface area contributed by atoms with Crippen LogP contribution in [0.4, 0.5) is 10.5 Å². The van der Waals surface area contributed by atoms with Crippen molar-refractivity contribution in [3.63, 3.8) is 0 Å². The molecule has 0 aliphatic rings. The van der Waals surface area contributed by atoms with Crippen LogP contribution in [0.15, 0.2) is 83.8 Å². The fourth-order valence-electron chi connectivity index (χ4n) is 3.34. The minimum atomic E-state index is -3.57. The van der Waals surface area contributed by atoms with E-state index in [-0.39, 0.29) is 17.3 Å². The summed E-state index contributed by atoms with van der Waals surface area (Å²) in [5.74, 6) is 0.0481. The Hall–Kier alpha value is -3.69. The molecule has 0 saturated carbocycles. The Morgan fingerprint density at radius 2 is 1.57 bits per heavy atom. The number of anilines is 1. The summed E-state index contributed by atoms with van der Waals surface area (Å²) in [5.41, 5.74) is 1.88. The number of amides is 2. The number of rotatable bonds is 10. The number of nitrogens with one attached hydrogen (secondary N) is 2. The molecule has 0 saturated heterocycles. The second-order valence-corrected chi connectivity index (χ2v) is 9.45. The molecule has 0 bridgehead atoms. The molecule has 35 heavy (non-hydrogen) atoms. The van der Waals surface area contributed by atoms with Crippen LogP contribution in [0.5, 0.6) is 5.75 Å². The molecule has 3 aromatic carbocycles. The number of carbonyl (C=O) groups excluding carboxylic acids is 2. The highest BCUT2D eigenvalue weighted by Gasteiger charge is 2.14. The van der Waals surface area contributed by atoms with E-state index in [2.05, 4.69) is 10.0 Å². The minimum absolute atomic E-state index is 0.217. The van der Waals surface area contributed by atoms with Crippen molar-refractivity contribution in [2.45, 2.75) is 25.2 Å². The Morgan fingerprint density at radius 1 is 0.886 bits per heavy atom. The highest BCUT2D eigenvalue weighted by molar-refractivity contribution is 7.89. The Morgan fingerprint density at radius 3 is 2.23 bits per heavy atom. The van der Waals surface area contributed by atoms with Crippen LogP contribution < -0.4 is 14.8 Å². The van der Waals surface area contributed by atoms with Crippen LogP contribution in [0.3, 0.4) is 0 Å². The molecule has 0 heterocycles. The summed E-state index contributed by atoms with van der Waals surface area (Å²) in [6, 6.07) is 21.7. The third kappa shape index (κ3) is 7.40. The predicted molar refractivity (Wildman–Crippen MR) is 135 cm³/mol. The molecular formula is C26H29N3O5S. The van der Waals surface area contributed by atoms with Gasteiger partial charge in [-0.15, -0.1) is 0 Å². The number of sulfonamides is 1. The Kier molecular flexibility index (Phi) is 8.99. The van der Waals surface area contributed by atoms with Gasteiger partial charge in [-0.2, -0.15) is 0 Å². The van der Waals surface area contributed by atoms with E-state index in [4.69, 9.17) is 4.74 Å². The lowest BCUT2D eigenvalue weighted by Gasteiger charge is -2.17. The molecule has 184 valence electrons. The van der Waals surface area contributed by atoms with E-state index in [0.717, 1.165) is 5.56 Å². The Bertz CT molecular complexity index is 1240. The summed E-state index contributed by atoms with van der Waals surface area (Å²) in [4.78, 5) is 26.5. The van der Waals surface area contributed by atoms with Crippen LogP contribution in [0.25, 0.3) is 0 Å². The van der Waals surface area contributed by atoms with Crippen LogP contribution in [-0.4, -0.2) is 45.0 Å². The third-order valence-corrected chi connectivity index (χ3v) is 6.76. The molecule has 0 unspecified atom stereocenters. The molecule has 8 nitrogen and oxygen atoms in total. The lowest BCUT2D eigenvalue weighted by Crippen LogP contribution is -2.33. The van der Waals surface area contributed by atoms with Gasteiger partial charge in [-0.25, -0.2) is 17.9 Å². The second-order valence-electron chi connectivity index (χ2n) is 7.68. The minimum Gasteiger partial charge on any atom is -0.410 e. The maximum Gasteiger partial charge on any atom is 0.415 e. The van der Waals surface area contributed by atoms with Crippen LogP contribution in [0.1, 0.15) is 29.8 Å². The molecule has 0 atom stereocenters. The topological polar surface area (TPSA) is 105 Å². The highest BCUT2D eigenvalue weighted by Crippen LogP contribution is 2.17. The van der Waals surface area contributed by atoms with Gasteiger partial charge in [0.15, 0.2) is 0 Å². The van der Waals surface area contributed by atoms with Gasteiger partial charge in [-0.1, -0.05) is 30.3 Å². The maximum atomic E-state index is 12.6. The summed E-state index contributed by atoms with van der Waals surface area (Å²) in [6.45, 7) is 5.07. The molecule has 0 aliphatic heterocycles. The van der Waals surface area contributed by atoms with Crippen LogP contribution in [0, 0.1) is 0 Å². The molecule has 2 amide bonds. The van der Waals surface area contributed by atoms with Gasteiger partial charge in [0, 0.05) is 30.9 Å². The summed E-state index contributed by atoms with van der Waals surface area (Å²) in [6.07, 6.45) is 0.0256. The van der Waals surface area contributed by atoms with E-state index in [1.165, 1.54) is 0 Å². The number of ether oxygens (including phenoxy) is 1. The van der Waals surface area contributed by atoms with Gasteiger partial charge in [0.25, 0.3) is 5.91 Å². The van der Waals surface area contributed by atoms with Gasteiger partial charge in [-0.05, 0) is 74.4 Å². The number of benzene rings is 3. The normalized spacial score (nSPS) is 11.0. The lowest BCUT2D eigenvalue weighted by atomic mass is 10.1. The van der Waals surface area contributed by atoms with Gasteiger partial charge < -0.3 is 15.0 Å². The zero-order valence-electron chi connectivity index (χ0n) is 19.7. The SMILES string of the molecule is CCN(CC)C(=O)Oc1ccc(C(=O)Nc2cccc(CCNS(=O)(=O)c3ccccc3)c2)cc1. The smallest absolute Gasteiger partial charge is 0.410 e. The number of nitrogens with zero attached hydrogens (tertiary/aromatic N) is 1. The summed E-state index contributed by atoms with van der Waals surface area (Å²) < 4.78 is 32.6. The van der Waals surface area contributed by atoms with E-state index in [9.17, 15) is 18.0 Å². The van der Waals surface area contributed by atoms with Gasteiger partial charge >= 0.3 is 6.09 Å². The largest absolute Gasteiger partial charge is 0.415 e. The van der Waals surface area contributed by atoms with Gasteiger partial charge in [0.2, 0.25) is 10.0 Å². The van der Waals surface area contributed by atoms with Crippen LogP contribution >= 0.6 is 0 Å². The van der Waals surface area contributed by atoms with Gasteiger partial charge in [0.05, 0.1) is 4.90 Å². The first-order valence-corrected chi connectivity index (χ1v) is 12.8. The van der Waals surface area contributed by atoms with E-state index < -0.39 is 16.1 Å². The standard InChI is InChI=1S/C26H29N3O5S/c1-3-29(4-2)26(31)34-23-15-13-21(14-16-23)25(30)28-22-10-8-9-20(19-22)17-18-27-35(32,33)24-11-6-5-7-12-24/h5-16,19,27H,3-4,17-18H2,1-2H3,(H,28,30). The predicted octanol–water partition coefficient (Wildman–Crippen LogP) is 4.30. The second kappa shape index (κ2) is 12.1. The van der Waals surface area contributed by atoms with Crippen LogP contribution in [0.2, 0.25) is 0 Å². The summed E-state index contributed by atoms with van der Waals surface area (Å²) in [5, 5.41) is 2.83. The first kappa shape index (κ1) is 25.9. The highest BCUT2D eigenvalue weighted by atomic mass is 32.2. The van der Waals surface area contributed by atoms with E-state index in [1.54, 1.807) is 77.7 Å². The van der Waals surface area contributed by atoms with Crippen molar-refractivity contribution >= 4 is 27.7 Å². The van der Waals surface area contributed by atoms with Crippen molar-refractivity contribution in [2.75, 3.05) is 25.0 Å². The van der Waals surface area contributed by atoms with E-state index >= 15 is 0 Å². The van der Waals surface area contributed by atoms with E-state index in [1.807, 2.05) is 19.9 Å². The fourth-order valence-corrected chi connectivity index (χ4v) is 4.39. The zero-order chi connectivity index (χ0) is 25.3. The average molecular weight is 496 g/mol. The van der Waals surface area contributed by atoms with E-state index in [0.29, 0.717) is 36.5 Å². The number of carbonyl (C=O) groups is 2. The average Bonchev–Trinajstić information content (AvgIpc) is 2.86. The third-order valence-electron chi connectivity index (χ3n) is 5.29. The molecule has 0 spiro atoms. The Labute approximate surface area is 206 Å². The van der Waals surface area contributed by atoms with Crippen molar-refractivity contribution in [1.29, 1.82) is 0 Å². The van der Waals surface area contributed by atoms with Crippen molar-refractivity contribution in [3.05, 3.63) is 90.0 Å². The monoisotopic (exact) mass is 495 g/mol. The molecule has 3 rings (SSSR count). The molecule has 9 heteroatoms. The maximum absolute atomic E-state index is 12.6. The molecule has 0 radical (unpaired) electrons. The van der Waals surface area contributed by atoms with Crippen molar-refractivity contribution < 1.29 is 22.7 Å². The van der Waals surface area contributed by atoms with Gasteiger partial charge in [-0.3, -0.25) is 4.79 Å². The van der Waals surface area contributed by atoms with Gasteiger partial charge in [0.1, 0.15) is 5.75 Å².